The zero-order chi connectivity index (χ0) is 16.5. The number of phenols is 1. The van der Waals surface area contributed by atoms with E-state index in [1.807, 2.05) is 0 Å². The van der Waals surface area contributed by atoms with Gasteiger partial charge in [-0.1, -0.05) is 0 Å². The van der Waals surface area contributed by atoms with Crippen molar-refractivity contribution < 1.29 is 18.3 Å². The first-order valence-corrected chi connectivity index (χ1v) is 6.07. The van der Waals surface area contributed by atoms with Crippen molar-refractivity contribution in [2.45, 2.75) is 6.18 Å². The molecule has 0 radical (unpaired) electrons. The van der Waals surface area contributed by atoms with Gasteiger partial charge in [0.25, 0.3) is 0 Å². The Morgan fingerprint density at radius 3 is 2.55 bits per heavy atom. The predicted molar refractivity (Wildman–Crippen MR) is 75.0 cm³/mol. The first-order chi connectivity index (χ1) is 10.3. The fraction of sp³-hybridized carbons (Fsp3) is 0.143. The molecule has 0 spiro atoms. The molecule has 2 rings (SSSR count). The van der Waals surface area contributed by atoms with Gasteiger partial charge in [0.15, 0.2) is 5.69 Å². The number of hydrogen-bond acceptors (Lipinski definition) is 5. The summed E-state index contributed by atoms with van der Waals surface area (Å²) in [6, 6.07) is 6.21. The van der Waals surface area contributed by atoms with E-state index in [1.165, 1.54) is 12.1 Å². The second kappa shape index (κ2) is 5.44. The number of anilines is 2. The molecule has 1 aromatic heterocycles. The summed E-state index contributed by atoms with van der Waals surface area (Å²) in [5.74, 6) is -0.874. The molecule has 1 heterocycles. The van der Waals surface area contributed by atoms with Crippen LogP contribution in [0.15, 0.2) is 24.3 Å². The Morgan fingerprint density at radius 2 is 2.00 bits per heavy atom. The van der Waals surface area contributed by atoms with Gasteiger partial charge < -0.3 is 16.2 Å². The number of nitriles is 1. The number of nitrogens with one attached hydrogen (secondary N) is 1. The quantitative estimate of drug-likeness (QED) is 0.793. The maximum Gasteiger partial charge on any atom is 0.419 e. The van der Waals surface area contributed by atoms with Crippen LogP contribution in [-0.2, 0) is 6.18 Å². The zero-order valence-electron chi connectivity index (χ0n) is 11.4. The van der Waals surface area contributed by atoms with Gasteiger partial charge in [-0.05, 0) is 24.3 Å². The maximum absolute atomic E-state index is 12.8. The van der Waals surface area contributed by atoms with E-state index in [0.29, 0.717) is 5.69 Å². The summed E-state index contributed by atoms with van der Waals surface area (Å²) in [5.41, 5.74) is 5.18. The van der Waals surface area contributed by atoms with Gasteiger partial charge in [-0.25, -0.2) is 4.98 Å². The van der Waals surface area contributed by atoms with Crippen molar-refractivity contribution in [3.63, 3.8) is 0 Å². The van der Waals surface area contributed by atoms with Crippen LogP contribution in [0.2, 0.25) is 0 Å². The minimum Gasteiger partial charge on any atom is -0.507 e. The lowest BCUT2D eigenvalue weighted by atomic mass is 10.0. The Balaban J connectivity index is 2.65. The SMILES string of the molecule is CNc1cc(-c2ccc(O)c(C(F)(F)F)c2)nc(C#N)c1N. The number of benzene rings is 1. The largest absolute Gasteiger partial charge is 0.507 e. The summed E-state index contributed by atoms with van der Waals surface area (Å²) in [5, 5.41) is 21.1. The fourth-order valence-corrected chi connectivity index (χ4v) is 1.92. The van der Waals surface area contributed by atoms with E-state index in [-0.39, 0.29) is 22.6 Å². The molecule has 0 aliphatic rings. The molecule has 4 N–H and O–H groups in total. The Bertz CT molecular complexity index is 766. The Kier molecular flexibility index (Phi) is 3.82. The van der Waals surface area contributed by atoms with E-state index in [1.54, 1.807) is 13.1 Å². The fourth-order valence-electron chi connectivity index (χ4n) is 1.92. The average Bonchev–Trinajstić information content (AvgIpc) is 2.47. The summed E-state index contributed by atoms with van der Waals surface area (Å²) in [4.78, 5) is 3.95. The van der Waals surface area contributed by atoms with Crippen LogP contribution in [0, 0.1) is 11.3 Å². The molecular formula is C14H11F3N4O. The second-order valence-corrected chi connectivity index (χ2v) is 4.41. The smallest absolute Gasteiger partial charge is 0.419 e. The Labute approximate surface area is 123 Å². The lowest BCUT2D eigenvalue weighted by Gasteiger charge is -2.12. The van der Waals surface area contributed by atoms with Crippen LogP contribution in [0.1, 0.15) is 11.3 Å². The molecule has 0 atom stereocenters. The number of aromatic nitrogens is 1. The number of hydrogen-bond donors (Lipinski definition) is 3. The first kappa shape index (κ1) is 15.4. The normalized spacial score (nSPS) is 11.0. The number of nitrogens with two attached hydrogens (primary N) is 1. The van der Waals surface area contributed by atoms with Crippen LogP contribution in [0.4, 0.5) is 24.5 Å². The molecule has 5 nitrogen and oxygen atoms in total. The molecule has 22 heavy (non-hydrogen) atoms. The van der Waals surface area contributed by atoms with Gasteiger partial charge in [0, 0.05) is 12.6 Å². The van der Waals surface area contributed by atoms with Crippen LogP contribution in [0.3, 0.4) is 0 Å². The van der Waals surface area contributed by atoms with Crippen molar-refractivity contribution in [1.29, 1.82) is 5.26 Å². The number of nitrogens with zero attached hydrogens (tertiary/aromatic N) is 2. The van der Waals surface area contributed by atoms with Crippen molar-refractivity contribution in [3.8, 4) is 23.1 Å². The standard InChI is InChI=1S/C14H11F3N4O/c1-20-10-5-9(21-11(6-18)13(10)19)7-2-3-12(22)8(4-7)14(15,16)17/h2-5,22H,19H2,1H3,(H,20,21). The van der Waals surface area contributed by atoms with E-state index in [0.717, 1.165) is 12.1 Å². The monoisotopic (exact) mass is 308 g/mol. The van der Waals surface area contributed by atoms with Crippen molar-refractivity contribution in [1.82, 2.24) is 4.98 Å². The van der Waals surface area contributed by atoms with E-state index < -0.39 is 17.5 Å². The highest BCUT2D eigenvalue weighted by Gasteiger charge is 2.34. The van der Waals surface area contributed by atoms with E-state index in [2.05, 4.69) is 10.3 Å². The molecule has 0 saturated heterocycles. The third-order valence-electron chi connectivity index (χ3n) is 3.03. The average molecular weight is 308 g/mol. The topological polar surface area (TPSA) is 95.0 Å². The van der Waals surface area contributed by atoms with Crippen LogP contribution >= 0.6 is 0 Å². The molecule has 2 aromatic rings. The molecule has 0 amide bonds. The summed E-state index contributed by atoms with van der Waals surface area (Å²) in [6.07, 6.45) is -4.70. The maximum atomic E-state index is 12.8. The van der Waals surface area contributed by atoms with Crippen LogP contribution < -0.4 is 11.1 Å². The molecular weight excluding hydrogens is 297 g/mol. The minimum atomic E-state index is -4.70. The van der Waals surface area contributed by atoms with Crippen LogP contribution in [0.25, 0.3) is 11.3 Å². The van der Waals surface area contributed by atoms with E-state index in [4.69, 9.17) is 11.0 Å². The van der Waals surface area contributed by atoms with Crippen molar-refractivity contribution in [3.05, 3.63) is 35.5 Å². The summed E-state index contributed by atoms with van der Waals surface area (Å²) in [6.45, 7) is 0. The molecule has 0 fully saturated rings. The number of aromatic hydroxyl groups is 1. The minimum absolute atomic E-state index is 0.0940. The van der Waals surface area contributed by atoms with Crippen molar-refractivity contribution >= 4 is 11.4 Å². The van der Waals surface area contributed by atoms with Gasteiger partial charge in [-0.15, -0.1) is 0 Å². The molecule has 0 bridgehead atoms. The van der Waals surface area contributed by atoms with Gasteiger partial charge >= 0.3 is 6.18 Å². The first-order valence-electron chi connectivity index (χ1n) is 6.07. The molecule has 114 valence electrons. The van der Waals surface area contributed by atoms with Crippen molar-refractivity contribution in [2.24, 2.45) is 0 Å². The summed E-state index contributed by atoms with van der Waals surface area (Å²) in [7, 11) is 1.56. The van der Waals surface area contributed by atoms with Crippen LogP contribution in [-0.4, -0.2) is 17.1 Å². The Hall–Kier alpha value is -2.95. The Morgan fingerprint density at radius 1 is 1.32 bits per heavy atom. The summed E-state index contributed by atoms with van der Waals surface area (Å²) >= 11 is 0. The number of pyridine rings is 1. The summed E-state index contributed by atoms with van der Waals surface area (Å²) < 4.78 is 38.5. The molecule has 0 unspecified atom stereocenters. The second-order valence-electron chi connectivity index (χ2n) is 4.41. The highest BCUT2D eigenvalue weighted by atomic mass is 19.4. The molecule has 0 aliphatic heterocycles. The number of alkyl halides is 3. The predicted octanol–water partition coefficient (Wildman–Crippen LogP) is 2.97. The number of phenolic OH excluding ortho intramolecular Hbond substituents is 1. The van der Waals surface area contributed by atoms with Crippen molar-refractivity contribution in [2.75, 3.05) is 18.1 Å². The van der Waals surface area contributed by atoms with Gasteiger partial charge in [0.05, 0.1) is 22.6 Å². The number of halogens is 3. The van der Waals surface area contributed by atoms with Gasteiger partial charge in [-0.2, -0.15) is 18.4 Å². The van der Waals surface area contributed by atoms with Crippen LogP contribution in [0.5, 0.6) is 5.75 Å². The highest BCUT2D eigenvalue weighted by molar-refractivity contribution is 5.77. The third kappa shape index (κ3) is 2.74. The highest BCUT2D eigenvalue weighted by Crippen LogP contribution is 2.38. The molecule has 0 saturated carbocycles. The molecule has 0 aliphatic carbocycles. The third-order valence-corrected chi connectivity index (χ3v) is 3.03. The lowest BCUT2D eigenvalue weighted by Crippen LogP contribution is -2.06. The zero-order valence-corrected chi connectivity index (χ0v) is 11.4. The molecule has 8 heteroatoms. The van der Waals surface area contributed by atoms with Gasteiger partial charge in [0.2, 0.25) is 0 Å². The van der Waals surface area contributed by atoms with E-state index >= 15 is 0 Å². The lowest BCUT2D eigenvalue weighted by molar-refractivity contribution is -0.138. The van der Waals surface area contributed by atoms with Gasteiger partial charge in [-0.3, -0.25) is 0 Å². The number of rotatable bonds is 2. The molecule has 1 aromatic carbocycles. The van der Waals surface area contributed by atoms with Gasteiger partial charge in [0.1, 0.15) is 11.8 Å². The number of nitrogen functional groups attached to an aromatic ring is 1. The van der Waals surface area contributed by atoms with E-state index in [9.17, 15) is 18.3 Å².